The summed E-state index contributed by atoms with van der Waals surface area (Å²) in [4.78, 5) is 26.7. The number of nitrogens with zero attached hydrogens (tertiary/aromatic N) is 1. The van der Waals surface area contributed by atoms with Crippen molar-refractivity contribution in [1.82, 2.24) is 4.90 Å². The van der Waals surface area contributed by atoms with Crippen molar-refractivity contribution in [3.05, 3.63) is 0 Å². The van der Waals surface area contributed by atoms with E-state index in [-0.39, 0.29) is 11.3 Å². The molecule has 22 heavy (non-hydrogen) atoms. The number of rotatable bonds is 6. The monoisotopic (exact) mass is 307 g/mol. The SMILES string of the molecule is CN(CCCN)C(=O)C(C(N)=O)C12CC3CC(CC(C3)C1)C2. The Hall–Kier alpha value is -1.10. The summed E-state index contributed by atoms with van der Waals surface area (Å²) in [7, 11) is 1.77. The number of primary amides is 1. The van der Waals surface area contributed by atoms with Crippen molar-refractivity contribution in [3.8, 4) is 0 Å². The molecule has 0 radical (unpaired) electrons. The normalized spacial score (nSPS) is 37.1. The van der Waals surface area contributed by atoms with E-state index < -0.39 is 11.8 Å². The first kappa shape index (κ1) is 15.8. The Balaban J connectivity index is 1.82. The molecule has 4 N–H and O–H groups in total. The molecule has 1 atom stereocenters. The average Bonchev–Trinajstić information content (AvgIpc) is 2.42. The number of hydrogen-bond donors (Lipinski definition) is 2. The first-order valence-corrected chi connectivity index (χ1v) is 8.69. The van der Waals surface area contributed by atoms with Crippen LogP contribution in [0, 0.1) is 29.1 Å². The highest BCUT2D eigenvalue weighted by molar-refractivity contribution is 6.00. The molecule has 0 aromatic carbocycles. The van der Waals surface area contributed by atoms with Crippen LogP contribution >= 0.6 is 0 Å². The van der Waals surface area contributed by atoms with Crippen LogP contribution in [0.15, 0.2) is 0 Å². The fraction of sp³-hybridized carbons (Fsp3) is 0.882. The molecule has 4 bridgehead atoms. The lowest BCUT2D eigenvalue weighted by Crippen LogP contribution is -2.57. The maximum Gasteiger partial charge on any atom is 0.235 e. The number of carbonyl (C=O) groups excluding carboxylic acids is 2. The Morgan fingerprint density at radius 3 is 2.05 bits per heavy atom. The fourth-order valence-electron chi connectivity index (χ4n) is 5.88. The van der Waals surface area contributed by atoms with Gasteiger partial charge in [0, 0.05) is 13.6 Å². The van der Waals surface area contributed by atoms with Crippen LogP contribution in [0.1, 0.15) is 44.9 Å². The average molecular weight is 307 g/mol. The Morgan fingerprint density at radius 1 is 1.14 bits per heavy atom. The lowest BCUT2D eigenvalue weighted by Gasteiger charge is -2.58. The third-order valence-electron chi connectivity index (χ3n) is 6.30. The second-order valence-corrected chi connectivity index (χ2v) is 8.02. The summed E-state index contributed by atoms with van der Waals surface area (Å²) in [5.41, 5.74) is 11.1. The van der Waals surface area contributed by atoms with Crippen molar-refractivity contribution in [2.45, 2.75) is 44.9 Å². The van der Waals surface area contributed by atoms with Gasteiger partial charge in [0.05, 0.1) is 0 Å². The van der Waals surface area contributed by atoms with Crippen LogP contribution in [0.2, 0.25) is 0 Å². The van der Waals surface area contributed by atoms with E-state index >= 15 is 0 Å². The van der Waals surface area contributed by atoms with E-state index in [2.05, 4.69) is 0 Å². The zero-order valence-corrected chi connectivity index (χ0v) is 13.6. The summed E-state index contributed by atoms with van der Waals surface area (Å²) in [6, 6.07) is 0. The number of amides is 2. The van der Waals surface area contributed by atoms with E-state index in [1.165, 1.54) is 19.3 Å². The molecule has 2 amide bonds. The van der Waals surface area contributed by atoms with Crippen LogP contribution in [0.25, 0.3) is 0 Å². The van der Waals surface area contributed by atoms with E-state index in [1.807, 2.05) is 0 Å². The zero-order chi connectivity index (χ0) is 15.9. The van der Waals surface area contributed by atoms with Crippen molar-refractivity contribution in [1.29, 1.82) is 0 Å². The largest absolute Gasteiger partial charge is 0.369 e. The van der Waals surface area contributed by atoms with Crippen LogP contribution in [-0.4, -0.2) is 36.9 Å². The molecule has 0 saturated heterocycles. The highest BCUT2D eigenvalue weighted by Gasteiger charge is 2.57. The molecule has 1 unspecified atom stereocenters. The van der Waals surface area contributed by atoms with Crippen molar-refractivity contribution < 1.29 is 9.59 Å². The predicted octanol–water partition coefficient (Wildman–Crippen LogP) is 1.11. The van der Waals surface area contributed by atoms with Crippen LogP contribution < -0.4 is 11.5 Å². The molecule has 4 aliphatic rings. The first-order chi connectivity index (χ1) is 10.4. The minimum Gasteiger partial charge on any atom is -0.369 e. The minimum absolute atomic E-state index is 0.0806. The lowest BCUT2D eigenvalue weighted by molar-refractivity contribution is -0.157. The molecule has 4 fully saturated rings. The van der Waals surface area contributed by atoms with E-state index in [9.17, 15) is 9.59 Å². The standard InChI is InChI=1S/C17H29N3O2/c1-20(4-2-3-18)16(22)14(15(19)21)17-8-11-5-12(9-17)7-13(6-11)10-17/h11-14H,2-10,18H2,1H3,(H2,19,21). The molecule has 0 heterocycles. The molecule has 0 spiro atoms. The molecule has 5 nitrogen and oxygen atoms in total. The zero-order valence-electron chi connectivity index (χ0n) is 13.6. The Kier molecular flexibility index (Phi) is 4.19. The van der Waals surface area contributed by atoms with Gasteiger partial charge in [-0.25, -0.2) is 0 Å². The van der Waals surface area contributed by atoms with Gasteiger partial charge in [0.25, 0.3) is 0 Å². The third kappa shape index (κ3) is 2.64. The van der Waals surface area contributed by atoms with Gasteiger partial charge in [0.1, 0.15) is 5.92 Å². The van der Waals surface area contributed by atoms with Gasteiger partial charge in [0.2, 0.25) is 11.8 Å². The van der Waals surface area contributed by atoms with Crippen LogP contribution in [0.4, 0.5) is 0 Å². The first-order valence-electron chi connectivity index (χ1n) is 8.69. The molecule has 4 rings (SSSR count). The summed E-state index contributed by atoms with van der Waals surface area (Å²) in [5, 5.41) is 0. The van der Waals surface area contributed by atoms with Gasteiger partial charge in [-0.15, -0.1) is 0 Å². The second-order valence-electron chi connectivity index (χ2n) is 8.02. The molecular formula is C17H29N3O2. The number of nitrogens with two attached hydrogens (primary N) is 2. The van der Waals surface area contributed by atoms with Crippen LogP contribution in [-0.2, 0) is 9.59 Å². The third-order valence-corrected chi connectivity index (χ3v) is 6.30. The topological polar surface area (TPSA) is 89.4 Å². The molecule has 4 saturated carbocycles. The Labute approximate surface area is 132 Å². The van der Waals surface area contributed by atoms with Crippen LogP contribution in [0.5, 0.6) is 0 Å². The molecule has 5 heteroatoms. The van der Waals surface area contributed by atoms with E-state index in [1.54, 1.807) is 11.9 Å². The van der Waals surface area contributed by atoms with Gasteiger partial charge >= 0.3 is 0 Å². The molecule has 0 aromatic rings. The van der Waals surface area contributed by atoms with Gasteiger partial charge in [-0.3, -0.25) is 9.59 Å². The lowest BCUT2D eigenvalue weighted by atomic mass is 9.46. The predicted molar refractivity (Wildman–Crippen MR) is 84.6 cm³/mol. The minimum atomic E-state index is -0.635. The van der Waals surface area contributed by atoms with E-state index in [0.29, 0.717) is 30.8 Å². The van der Waals surface area contributed by atoms with Gasteiger partial charge in [0.15, 0.2) is 0 Å². The summed E-state index contributed by atoms with van der Waals surface area (Å²) < 4.78 is 0. The molecule has 4 aliphatic carbocycles. The van der Waals surface area contributed by atoms with Crippen molar-refractivity contribution in [2.75, 3.05) is 20.1 Å². The van der Waals surface area contributed by atoms with Crippen LogP contribution in [0.3, 0.4) is 0 Å². The highest BCUT2D eigenvalue weighted by atomic mass is 16.2. The number of carbonyl (C=O) groups is 2. The molecule has 124 valence electrons. The van der Waals surface area contributed by atoms with Crippen molar-refractivity contribution >= 4 is 11.8 Å². The Morgan fingerprint density at radius 2 is 1.64 bits per heavy atom. The molecule has 0 aliphatic heterocycles. The Bertz CT molecular complexity index is 428. The van der Waals surface area contributed by atoms with Gasteiger partial charge in [-0.05, 0) is 74.7 Å². The smallest absolute Gasteiger partial charge is 0.235 e. The van der Waals surface area contributed by atoms with Crippen molar-refractivity contribution in [3.63, 3.8) is 0 Å². The highest BCUT2D eigenvalue weighted by Crippen LogP contribution is 2.62. The van der Waals surface area contributed by atoms with Gasteiger partial charge in [-0.2, -0.15) is 0 Å². The molecule has 0 aromatic heterocycles. The summed E-state index contributed by atoms with van der Waals surface area (Å²) in [6.07, 6.45) is 7.69. The quantitative estimate of drug-likeness (QED) is 0.720. The van der Waals surface area contributed by atoms with E-state index in [0.717, 1.165) is 25.7 Å². The van der Waals surface area contributed by atoms with Crippen molar-refractivity contribution in [2.24, 2.45) is 40.6 Å². The summed E-state index contributed by atoms with van der Waals surface area (Å²) >= 11 is 0. The van der Waals surface area contributed by atoms with Gasteiger partial charge in [-0.1, -0.05) is 0 Å². The molecular weight excluding hydrogens is 278 g/mol. The summed E-state index contributed by atoms with van der Waals surface area (Å²) in [5.74, 6) is 0.971. The van der Waals surface area contributed by atoms with Gasteiger partial charge < -0.3 is 16.4 Å². The van der Waals surface area contributed by atoms with E-state index in [4.69, 9.17) is 11.5 Å². The summed E-state index contributed by atoms with van der Waals surface area (Å²) in [6.45, 7) is 1.15. The maximum atomic E-state index is 12.9. The maximum absolute atomic E-state index is 12.9. The number of hydrogen-bond acceptors (Lipinski definition) is 3. The fourth-order valence-corrected chi connectivity index (χ4v) is 5.88. The second kappa shape index (κ2) is 5.84.